The molecule has 1 aliphatic rings. The zero-order chi connectivity index (χ0) is 16.4. The van der Waals surface area contributed by atoms with Crippen LogP contribution in [0.5, 0.6) is 0 Å². The number of anilines is 1. The van der Waals surface area contributed by atoms with Gasteiger partial charge >= 0.3 is 0 Å². The van der Waals surface area contributed by atoms with Gasteiger partial charge in [0.25, 0.3) is 5.71 Å². The van der Waals surface area contributed by atoms with E-state index in [9.17, 15) is 0 Å². The molecular formula is C18H20N4O2. The van der Waals surface area contributed by atoms with Crippen molar-refractivity contribution in [1.82, 2.24) is 15.1 Å². The second-order valence-electron chi connectivity index (χ2n) is 6.15. The van der Waals surface area contributed by atoms with Crippen molar-refractivity contribution in [3.05, 3.63) is 47.9 Å². The van der Waals surface area contributed by atoms with Gasteiger partial charge in [-0.25, -0.2) is 4.98 Å². The van der Waals surface area contributed by atoms with Crippen LogP contribution in [0.3, 0.4) is 0 Å². The van der Waals surface area contributed by atoms with Crippen LogP contribution in [-0.2, 0) is 11.3 Å². The third-order valence-electron chi connectivity index (χ3n) is 4.39. The van der Waals surface area contributed by atoms with Crippen LogP contribution in [0.2, 0.25) is 0 Å². The molecule has 4 rings (SSSR count). The summed E-state index contributed by atoms with van der Waals surface area (Å²) in [6.07, 6.45) is 3.98. The Morgan fingerprint density at radius 2 is 2.08 bits per heavy atom. The van der Waals surface area contributed by atoms with Gasteiger partial charge in [0.05, 0.1) is 11.8 Å². The van der Waals surface area contributed by atoms with Crippen LogP contribution in [0.1, 0.15) is 24.1 Å². The second-order valence-corrected chi connectivity index (χ2v) is 6.15. The van der Waals surface area contributed by atoms with Gasteiger partial charge in [-0.1, -0.05) is 35.5 Å². The third kappa shape index (κ3) is 2.97. The highest BCUT2D eigenvalue weighted by Crippen LogP contribution is 2.28. The average molecular weight is 324 g/mol. The number of nitrogens with zero attached hydrogens (tertiary/aromatic N) is 4. The minimum atomic E-state index is 0.235. The molecule has 1 aromatic carbocycles. The first-order chi connectivity index (χ1) is 11.8. The standard InChI is InChI=1S/C18H20N4O2/c1-13-16-17(19-12-20-18(16)24-21-13)22(11-15-8-5-9-23-15)10-14-6-3-2-4-7-14/h2-4,6-7,12,15H,5,8-11H2,1H3/t15-/m1/s1. The highest BCUT2D eigenvalue weighted by molar-refractivity contribution is 5.87. The Kier molecular flexibility index (Phi) is 4.13. The van der Waals surface area contributed by atoms with E-state index in [0.717, 1.165) is 49.4 Å². The van der Waals surface area contributed by atoms with Crippen LogP contribution in [-0.4, -0.2) is 34.4 Å². The fourth-order valence-electron chi connectivity index (χ4n) is 3.21. The maximum absolute atomic E-state index is 5.84. The third-order valence-corrected chi connectivity index (χ3v) is 4.39. The molecular weight excluding hydrogens is 304 g/mol. The van der Waals surface area contributed by atoms with E-state index in [4.69, 9.17) is 9.26 Å². The summed E-state index contributed by atoms with van der Waals surface area (Å²) >= 11 is 0. The summed E-state index contributed by atoms with van der Waals surface area (Å²) in [5.41, 5.74) is 2.57. The monoisotopic (exact) mass is 324 g/mol. The highest BCUT2D eigenvalue weighted by atomic mass is 16.5. The summed E-state index contributed by atoms with van der Waals surface area (Å²) in [7, 11) is 0. The summed E-state index contributed by atoms with van der Waals surface area (Å²) in [4.78, 5) is 11.0. The maximum Gasteiger partial charge on any atom is 0.263 e. The molecule has 6 nitrogen and oxygen atoms in total. The van der Waals surface area contributed by atoms with Gasteiger partial charge in [0, 0.05) is 19.7 Å². The lowest BCUT2D eigenvalue weighted by Gasteiger charge is -2.27. The quantitative estimate of drug-likeness (QED) is 0.718. The molecule has 0 bridgehead atoms. The van der Waals surface area contributed by atoms with Crippen LogP contribution >= 0.6 is 0 Å². The van der Waals surface area contributed by atoms with Gasteiger partial charge in [0.15, 0.2) is 0 Å². The Morgan fingerprint density at radius 1 is 1.21 bits per heavy atom. The van der Waals surface area contributed by atoms with Crippen molar-refractivity contribution in [3.63, 3.8) is 0 Å². The van der Waals surface area contributed by atoms with Crippen molar-refractivity contribution >= 4 is 16.9 Å². The molecule has 24 heavy (non-hydrogen) atoms. The lowest BCUT2D eigenvalue weighted by molar-refractivity contribution is 0.115. The molecule has 2 aromatic heterocycles. The molecule has 3 heterocycles. The lowest BCUT2D eigenvalue weighted by Crippen LogP contribution is -2.32. The lowest BCUT2D eigenvalue weighted by atomic mass is 10.1. The van der Waals surface area contributed by atoms with E-state index in [1.165, 1.54) is 11.9 Å². The maximum atomic E-state index is 5.84. The van der Waals surface area contributed by atoms with Gasteiger partial charge in [-0.15, -0.1) is 0 Å². The van der Waals surface area contributed by atoms with Crippen LogP contribution in [0.25, 0.3) is 11.1 Å². The van der Waals surface area contributed by atoms with Crippen molar-refractivity contribution in [2.24, 2.45) is 0 Å². The number of aryl methyl sites for hydroxylation is 1. The smallest absolute Gasteiger partial charge is 0.263 e. The summed E-state index contributed by atoms with van der Waals surface area (Å²) in [5.74, 6) is 0.859. The number of aromatic nitrogens is 3. The fourth-order valence-corrected chi connectivity index (χ4v) is 3.21. The zero-order valence-electron chi connectivity index (χ0n) is 13.7. The van der Waals surface area contributed by atoms with E-state index >= 15 is 0 Å². The molecule has 0 aliphatic carbocycles. The number of ether oxygens (including phenoxy) is 1. The number of rotatable bonds is 5. The van der Waals surface area contributed by atoms with Crippen LogP contribution < -0.4 is 4.90 Å². The average Bonchev–Trinajstić information content (AvgIpc) is 3.25. The predicted molar refractivity (Wildman–Crippen MR) is 90.8 cm³/mol. The fraction of sp³-hybridized carbons (Fsp3) is 0.389. The van der Waals surface area contributed by atoms with Crippen molar-refractivity contribution in [1.29, 1.82) is 0 Å². The van der Waals surface area contributed by atoms with Crippen molar-refractivity contribution in [2.45, 2.75) is 32.4 Å². The zero-order valence-corrected chi connectivity index (χ0v) is 13.7. The number of hydrogen-bond acceptors (Lipinski definition) is 6. The summed E-state index contributed by atoms with van der Waals surface area (Å²) < 4.78 is 11.1. The van der Waals surface area contributed by atoms with Gasteiger partial charge in [-0.3, -0.25) is 0 Å². The minimum Gasteiger partial charge on any atom is -0.376 e. The number of hydrogen-bond donors (Lipinski definition) is 0. The molecule has 1 saturated heterocycles. The van der Waals surface area contributed by atoms with E-state index in [2.05, 4.69) is 44.3 Å². The normalized spacial score (nSPS) is 17.5. The topological polar surface area (TPSA) is 64.3 Å². The van der Waals surface area contributed by atoms with E-state index in [1.807, 2.05) is 13.0 Å². The van der Waals surface area contributed by atoms with Crippen LogP contribution in [0.15, 0.2) is 41.2 Å². The van der Waals surface area contributed by atoms with Crippen molar-refractivity contribution in [2.75, 3.05) is 18.1 Å². The molecule has 0 amide bonds. The first-order valence-corrected chi connectivity index (χ1v) is 8.29. The van der Waals surface area contributed by atoms with Crippen LogP contribution in [0.4, 0.5) is 5.82 Å². The Bertz CT molecular complexity index is 812. The molecule has 0 N–H and O–H groups in total. The minimum absolute atomic E-state index is 0.235. The van der Waals surface area contributed by atoms with Gasteiger partial charge in [-0.2, -0.15) is 4.98 Å². The highest BCUT2D eigenvalue weighted by Gasteiger charge is 2.23. The Balaban J connectivity index is 1.71. The Morgan fingerprint density at radius 3 is 2.88 bits per heavy atom. The predicted octanol–water partition coefficient (Wildman–Crippen LogP) is 3.11. The van der Waals surface area contributed by atoms with Crippen LogP contribution in [0, 0.1) is 6.92 Å². The number of fused-ring (bicyclic) bond motifs is 1. The number of benzene rings is 1. The molecule has 0 unspecified atom stereocenters. The first-order valence-electron chi connectivity index (χ1n) is 8.29. The van der Waals surface area contributed by atoms with E-state index in [1.54, 1.807) is 0 Å². The van der Waals surface area contributed by atoms with Gasteiger partial charge in [-0.05, 0) is 25.3 Å². The molecule has 3 aromatic rings. The Labute approximate surface area is 140 Å². The molecule has 0 radical (unpaired) electrons. The molecule has 124 valence electrons. The van der Waals surface area contributed by atoms with E-state index in [0.29, 0.717) is 5.71 Å². The van der Waals surface area contributed by atoms with Gasteiger partial charge in [0.1, 0.15) is 17.5 Å². The van der Waals surface area contributed by atoms with Gasteiger partial charge in [0.2, 0.25) is 0 Å². The van der Waals surface area contributed by atoms with E-state index in [-0.39, 0.29) is 6.10 Å². The Hall–Kier alpha value is -2.47. The summed E-state index contributed by atoms with van der Waals surface area (Å²) in [6.45, 7) is 4.32. The molecule has 1 fully saturated rings. The van der Waals surface area contributed by atoms with Crippen molar-refractivity contribution in [3.8, 4) is 0 Å². The second kappa shape index (κ2) is 6.57. The van der Waals surface area contributed by atoms with E-state index < -0.39 is 0 Å². The molecule has 1 aliphatic heterocycles. The van der Waals surface area contributed by atoms with Crippen molar-refractivity contribution < 1.29 is 9.26 Å². The largest absolute Gasteiger partial charge is 0.376 e. The molecule has 1 atom stereocenters. The summed E-state index contributed by atoms with van der Waals surface area (Å²) in [5, 5.41) is 4.92. The SMILES string of the molecule is Cc1noc2ncnc(N(Cc3ccccc3)C[C@H]3CCCO3)c12. The molecule has 6 heteroatoms. The molecule has 0 saturated carbocycles. The summed E-state index contributed by atoms with van der Waals surface area (Å²) in [6, 6.07) is 10.4. The molecule has 0 spiro atoms. The van der Waals surface area contributed by atoms with Gasteiger partial charge < -0.3 is 14.2 Å². The first kappa shape index (κ1) is 15.1.